The van der Waals surface area contributed by atoms with Gasteiger partial charge in [0.25, 0.3) is 5.89 Å². The fraction of sp³-hybridized carbons (Fsp3) is 0.385. The van der Waals surface area contributed by atoms with Crippen molar-refractivity contribution >= 4 is 11.6 Å². The molecule has 0 unspecified atom stereocenters. The van der Waals surface area contributed by atoms with E-state index < -0.39 is 5.82 Å². The van der Waals surface area contributed by atoms with E-state index in [2.05, 4.69) is 10.1 Å². The van der Waals surface area contributed by atoms with Crippen LogP contribution in [0.2, 0.25) is 5.02 Å². The van der Waals surface area contributed by atoms with Crippen LogP contribution >= 0.6 is 11.6 Å². The Kier molecular flexibility index (Phi) is 3.75. The summed E-state index contributed by atoms with van der Waals surface area (Å²) in [4.78, 5) is 4.22. The van der Waals surface area contributed by atoms with E-state index >= 15 is 0 Å². The van der Waals surface area contributed by atoms with Gasteiger partial charge in [0.15, 0.2) is 12.4 Å². The lowest BCUT2D eigenvalue weighted by atomic mass is 9.96. The van der Waals surface area contributed by atoms with Gasteiger partial charge in [-0.2, -0.15) is 4.98 Å². The molecule has 0 saturated heterocycles. The lowest BCUT2D eigenvalue weighted by Crippen LogP contribution is -2.13. The van der Waals surface area contributed by atoms with Gasteiger partial charge in [0.1, 0.15) is 11.6 Å². The van der Waals surface area contributed by atoms with Crippen molar-refractivity contribution in [3.8, 4) is 5.75 Å². The average molecular weight is 285 g/mol. The summed E-state index contributed by atoms with van der Waals surface area (Å²) < 4.78 is 23.3. The summed E-state index contributed by atoms with van der Waals surface area (Å²) in [5, 5.41) is 4.08. The number of nitrogens with zero attached hydrogens (tertiary/aromatic N) is 2. The van der Waals surface area contributed by atoms with E-state index in [0.717, 1.165) is 0 Å². The predicted octanol–water partition coefficient (Wildman–Crippen LogP) is 3.74. The summed E-state index contributed by atoms with van der Waals surface area (Å²) in [5.74, 6) is 0.922. The second kappa shape index (κ2) is 5.17. The minimum atomic E-state index is -0.412. The Morgan fingerprint density at radius 1 is 1.37 bits per heavy atom. The number of ether oxygens (including phenoxy) is 1. The van der Waals surface area contributed by atoms with E-state index in [-0.39, 0.29) is 17.0 Å². The van der Waals surface area contributed by atoms with Crippen molar-refractivity contribution in [2.75, 3.05) is 0 Å². The first-order chi connectivity index (χ1) is 8.86. The van der Waals surface area contributed by atoms with Crippen LogP contribution in [-0.4, -0.2) is 10.1 Å². The second-order valence-electron chi connectivity index (χ2n) is 5.13. The molecule has 0 aliphatic rings. The van der Waals surface area contributed by atoms with Crippen LogP contribution in [0.3, 0.4) is 0 Å². The second-order valence-corrected chi connectivity index (χ2v) is 5.53. The Bertz CT molecular complexity index is 578. The maximum Gasteiger partial charge on any atom is 0.264 e. The highest BCUT2D eigenvalue weighted by Crippen LogP contribution is 2.26. The lowest BCUT2D eigenvalue weighted by Gasteiger charge is -2.10. The Hall–Kier alpha value is -1.62. The van der Waals surface area contributed by atoms with Gasteiger partial charge in [0, 0.05) is 5.41 Å². The molecule has 0 spiro atoms. The van der Waals surface area contributed by atoms with Crippen molar-refractivity contribution in [2.24, 2.45) is 0 Å². The minimum Gasteiger partial charge on any atom is -0.482 e. The highest BCUT2D eigenvalue weighted by Gasteiger charge is 2.21. The lowest BCUT2D eigenvalue weighted by molar-refractivity contribution is 0.242. The molecule has 1 aromatic heterocycles. The number of rotatable bonds is 3. The third kappa shape index (κ3) is 3.44. The van der Waals surface area contributed by atoms with E-state index in [1.165, 1.54) is 18.2 Å². The number of benzene rings is 1. The van der Waals surface area contributed by atoms with E-state index in [1.807, 2.05) is 20.8 Å². The maximum atomic E-state index is 12.9. The summed E-state index contributed by atoms with van der Waals surface area (Å²) in [6, 6.07) is 3.92. The molecule has 19 heavy (non-hydrogen) atoms. The zero-order chi connectivity index (χ0) is 14.0. The highest BCUT2D eigenvalue weighted by atomic mass is 35.5. The summed E-state index contributed by atoms with van der Waals surface area (Å²) in [6.07, 6.45) is 0. The van der Waals surface area contributed by atoms with Crippen LogP contribution in [0.4, 0.5) is 4.39 Å². The smallest absolute Gasteiger partial charge is 0.264 e. The van der Waals surface area contributed by atoms with Crippen molar-refractivity contribution in [3.05, 3.63) is 40.8 Å². The van der Waals surface area contributed by atoms with Crippen LogP contribution in [0.1, 0.15) is 32.5 Å². The van der Waals surface area contributed by atoms with Gasteiger partial charge in [-0.1, -0.05) is 37.5 Å². The van der Waals surface area contributed by atoms with Crippen LogP contribution in [0.25, 0.3) is 0 Å². The molecule has 102 valence electrons. The fourth-order valence-electron chi connectivity index (χ4n) is 1.35. The van der Waals surface area contributed by atoms with Crippen LogP contribution < -0.4 is 4.74 Å². The third-order valence-corrected chi connectivity index (χ3v) is 2.68. The monoisotopic (exact) mass is 284 g/mol. The van der Waals surface area contributed by atoms with E-state index in [4.69, 9.17) is 20.9 Å². The summed E-state index contributed by atoms with van der Waals surface area (Å²) in [5.41, 5.74) is -0.185. The first kappa shape index (κ1) is 13.8. The van der Waals surface area contributed by atoms with Crippen molar-refractivity contribution in [1.82, 2.24) is 10.1 Å². The highest BCUT2D eigenvalue weighted by molar-refractivity contribution is 6.32. The first-order valence-electron chi connectivity index (χ1n) is 5.77. The Balaban J connectivity index is 2.04. The molecular weight excluding hydrogens is 271 g/mol. The molecule has 0 aliphatic carbocycles. The molecule has 0 fully saturated rings. The van der Waals surface area contributed by atoms with E-state index in [1.54, 1.807) is 0 Å². The number of hydrogen-bond acceptors (Lipinski definition) is 4. The Morgan fingerprint density at radius 2 is 2.11 bits per heavy atom. The molecule has 6 heteroatoms. The van der Waals surface area contributed by atoms with Crippen LogP contribution in [0.5, 0.6) is 5.75 Å². The molecule has 0 atom stereocenters. The standard InChI is InChI=1S/C13H14ClFN2O2/c1-13(2,3)12-16-11(19-17-12)7-18-10-5-4-8(15)6-9(10)14/h4-6H,7H2,1-3H3. The minimum absolute atomic E-state index is 0.0917. The summed E-state index contributed by atoms with van der Waals surface area (Å²) >= 11 is 5.84. The Morgan fingerprint density at radius 3 is 2.68 bits per heavy atom. The van der Waals surface area contributed by atoms with Crippen molar-refractivity contribution in [1.29, 1.82) is 0 Å². The van der Waals surface area contributed by atoms with Gasteiger partial charge < -0.3 is 9.26 Å². The summed E-state index contributed by atoms with van der Waals surface area (Å²) in [7, 11) is 0. The van der Waals surface area contributed by atoms with Gasteiger partial charge in [0.05, 0.1) is 5.02 Å². The summed E-state index contributed by atoms with van der Waals surface area (Å²) in [6.45, 7) is 6.05. The molecule has 2 rings (SSSR count). The zero-order valence-corrected chi connectivity index (χ0v) is 11.7. The number of hydrogen-bond donors (Lipinski definition) is 0. The Labute approximate surface area is 115 Å². The van der Waals surface area contributed by atoms with Crippen LogP contribution in [0.15, 0.2) is 22.7 Å². The maximum absolute atomic E-state index is 12.9. The van der Waals surface area contributed by atoms with Gasteiger partial charge >= 0.3 is 0 Å². The SMILES string of the molecule is CC(C)(C)c1noc(COc2ccc(F)cc2Cl)n1. The van der Waals surface area contributed by atoms with Crippen LogP contribution in [-0.2, 0) is 12.0 Å². The topological polar surface area (TPSA) is 48.2 Å². The van der Waals surface area contributed by atoms with E-state index in [0.29, 0.717) is 17.5 Å². The first-order valence-corrected chi connectivity index (χ1v) is 6.15. The average Bonchev–Trinajstić information content (AvgIpc) is 2.76. The van der Waals surface area contributed by atoms with Gasteiger partial charge in [-0.25, -0.2) is 4.39 Å². The molecule has 0 amide bonds. The van der Waals surface area contributed by atoms with Crippen molar-refractivity contribution in [2.45, 2.75) is 32.8 Å². The van der Waals surface area contributed by atoms with Crippen molar-refractivity contribution < 1.29 is 13.7 Å². The molecule has 4 nitrogen and oxygen atoms in total. The molecule has 1 aromatic carbocycles. The largest absolute Gasteiger partial charge is 0.482 e. The molecule has 2 aromatic rings. The van der Waals surface area contributed by atoms with E-state index in [9.17, 15) is 4.39 Å². The quantitative estimate of drug-likeness (QED) is 0.861. The molecule has 0 N–H and O–H groups in total. The normalized spacial score (nSPS) is 11.6. The molecule has 1 heterocycles. The predicted molar refractivity (Wildman–Crippen MR) is 68.7 cm³/mol. The molecule has 0 aliphatic heterocycles. The van der Waals surface area contributed by atoms with Gasteiger partial charge in [-0.3, -0.25) is 0 Å². The van der Waals surface area contributed by atoms with Crippen LogP contribution in [0, 0.1) is 5.82 Å². The third-order valence-electron chi connectivity index (χ3n) is 2.38. The van der Waals surface area contributed by atoms with Crippen molar-refractivity contribution in [3.63, 3.8) is 0 Å². The van der Waals surface area contributed by atoms with Gasteiger partial charge in [-0.15, -0.1) is 0 Å². The molecule has 0 saturated carbocycles. The number of aromatic nitrogens is 2. The molecule has 0 bridgehead atoms. The van der Waals surface area contributed by atoms with Gasteiger partial charge in [-0.05, 0) is 18.2 Å². The number of halogens is 2. The van der Waals surface area contributed by atoms with Gasteiger partial charge in [0.2, 0.25) is 0 Å². The fourth-order valence-corrected chi connectivity index (χ4v) is 1.57. The molecular formula is C13H14ClFN2O2. The molecule has 0 radical (unpaired) electrons. The zero-order valence-electron chi connectivity index (χ0n) is 10.9.